The largest absolute Gasteiger partial charge is 0.364 e. The molecule has 1 saturated heterocycles. The van der Waals surface area contributed by atoms with Gasteiger partial charge in [0.25, 0.3) is 0 Å². The predicted molar refractivity (Wildman–Crippen MR) is 123 cm³/mol. The van der Waals surface area contributed by atoms with Crippen molar-refractivity contribution in [1.82, 2.24) is 25.2 Å². The molecule has 1 aromatic heterocycles. The molecule has 154 valence electrons. The van der Waals surface area contributed by atoms with Crippen molar-refractivity contribution in [2.75, 3.05) is 53.9 Å². The summed E-state index contributed by atoms with van der Waals surface area (Å²) in [7, 11) is 6.09. The highest BCUT2D eigenvalue weighted by Gasteiger charge is 2.21. The fourth-order valence-electron chi connectivity index (χ4n) is 3.46. The number of aromatic nitrogens is 1. The smallest absolute Gasteiger partial charge is 0.193 e. The Bertz CT molecular complexity index is 699. The summed E-state index contributed by atoms with van der Waals surface area (Å²) >= 11 is 0. The Labute approximate surface area is 184 Å². The summed E-state index contributed by atoms with van der Waals surface area (Å²) in [5.74, 6) is 0.971. The Morgan fingerprint density at radius 3 is 2.46 bits per heavy atom. The van der Waals surface area contributed by atoms with E-state index in [2.05, 4.69) is 74.6 Å². The molecule has 7 nitrogen and oxygen atoms in total. The molecule has 8 heteroatoms. The Morgan fingerprint density at radius 1 is 1.18 bits per heavy atom. The second-order valence-electron chi connectivity index (χ2n) is 7.07. The first kappa shape index (κ1) is 22.6. The van der Waals surface area contributed by atoms with Gasteiger partial charge in [-0.05, 0) is 19.7 Å². The number of guanidine groups is 1. The lowest BCUT2D eigenvalue weighted by atomic mass is 10.1. The van der Waals surface area contributed by atoms with E-state index in [9.17, 15) is 0 Å². The third-order valence-corrected chi connectivity index (χ3v) is 5.02. The standard InChI is InChI=1S/C20H30N6O.HI/c1-21-20(22-15-19(24(2)3)17-7-5-4-6-8-17)26-12-10-25(11-13-26)16-18-9-14-27-23-18;/h4-9,14,19H,10-13,15-16H2,1-3H3,(H,21,22);1H. The lowest BCUT2D eigenvalue weighted by Crippen LogP contribution is -2.53. The van der Waals surface area contributed by atoms with E-state index in [1.54, 1.807) is 6.26 Å². The summed E-state index contributed by atoms with van der Waals surface area (Å²) < 4.78 is 4.92. The van der Waals surface area contributed by atoms with Crippen LogP contribution in [0.3, 0.4) is 0 Å². The van der Waals surface area contributed by atoms with Crippen LogP contribution in [0.15, 0.2) is 52.2 Å². The predicted octanol–water partition coefficient (Wildman–Crippen LogP) is 2.29. The molecule has 28 heavy (non-hydrogen) atoms. The molecule has 1 N–H and O–H groups in total. The number of hydrogen-bond acceptors (Lipinski definition) is 5. The molecule has 0 bridgehead atoms. The normalized spacial score (nSPS) is 16.7. The maximum Gasteiger partial charge on any atom is 0.193 e. The molecule has 0 radical (unpaired) electrons. The van der Waals surface area contributed by atoms with Gasteiger partial charge in [-0.25, -0.2) is 0 Å². The Balaban J connectivity index is 0.00000280. The minimum Gasteiger partial charge on any atom is -0.364 e. The first-order valence-electron chi connectivity index (χ1n) is 9.46. The minimum absolute atomic E-state index is 0. The third-order valence-electron chi connectivity index (χ3n) is 5.02. The zero-order valence-electron chi connectivity index (χ0n) is 16.9. The van der Waals surface area contributed by atoms with E-state index in [0.717, 1.165) is 50.9 Å². The molecule has 1 atom stereocenters. The molecule has 3 rings (SSSR count). The molecular weight excluding hydrogens is 467 g/mol. The van der Waals surface area contributed by atoms with Gasteiger partial charge in [0, 0.05) is 52.4 Å². The van der Waals surface area contributed by atoms with Gasteiger partial charge in [-0.2, -0.15) is 0 Å². The van der Waals surface area contributed by atoms with Crippen molar-refractivity contribution in [1.29, 1.82) is 0 Å². The average Bonchev–Trinajstić information content (AvgIpc) is 3.20. The van der Waals surface area contributed by atoms with Crippen molar-refractivity contribution >= 4 is 29.9 Å². The van der Waals surface area contributed by atoms with Gasteiger partial charge in [-0.3, -0.25) is 9.89 Å². The van der Waals surface area contributed by atoms with Crippen LogP contribution in [0.2, 0.25) is 0 Å². The van der Waals surface area contributed by atoms with Crippen LogP contribution >= 0.6 is 24.0 Å². The molecule has 0 aliphatic carbocycles. The monoisotopic (exact) mass is 498 g/mol. The van der Waals surface area contributed by atoms with E-state index in [1.807, 2.05) is 13.1 Å². The lowest BCUT2D eigenvalue weighted by Gasteiger charge is -2.37. The second-order valence-corrected chi connectivity index (χ2v) is 7.07. The van der Waals surface area contributed by atoms with Crippen LogP contribution in [0.4, 0.5) is 0 Å². The number of nitrogens with one attached hydrogen (secondary N) is 1. The van der Waals surface area contributed by atoms with Gasteiger partial charge >= 0.3 is 0 Å². The molecule has 2 aromatic rings. The van der Waals surface area contributed by atoms with Crippen LogP contribution in [-0.4, -0.2) is 79.7 Å². The molecule has 0 amide bonds. The Hall–Kier alpha value is -1.65. The summed E-state index contributed by atoms with van der Waals surface area (Å²) in [5, 5.41) is 7.57. The van der Waals surface area contributed by atoms with Crippen LogP contribution in [0.1, 0.15) is 17.3 Å². The number of hydrogen-bond donors (Lipinski definition) is 1. The summed E-state index contributed by atoms with van der Waals surface area (Å²) in [6, 6.07) is 12.8. The van der Waals surface area contributed by atoms with Crippen molar-refractivity contribution in [2.24, 2.45) is 4.99 Å². The Kier molecular flexibility index (Phi) is 9.20. The van der Waals surface area contributed by atoms with Crippen LogP contribution in [0, 0.1) is 0 Å². The number of halogens is 1. The van der Waals surface area contributed by atoms with E-state index in [-0.39, 0.29) is 24.0 Å². The topological polar surface area (TPSA) is 60.1 Å². The van der Waals surface area contributed by atoms with Gasteiger partial charge in [0.1, 0.15) is 6.26 Å². The summed E-state index contributed by atoms with van der Waals surface area (Å²) in [4.78, 5) is 11.5. The van der Waals surface area contributed by atoms with E-state index in [4.69, 9.17) is 4.52 Å². The zero-order valence-corrected chi connectivity index (χ0v) is 19.2. The van der Waals surface area contributed by atoms with Gasteiger partial charge < -0.3 is 19.6 Å². The maximum atomic E-state index is 4.92. The van der Waals surface area contributed by atoms with Crippen LogP contribution < -0.4 is 5.32 Å². The quantitative estimate of drug-likeness (QED) is 0.375. The molecule has 1 aliphatic rings. The highest BCUT2D eigenvalue weighted by atomic mass is 127. The highest BCUT2D eigenvalue weighted by molar-refractivity contribution is 14.0. The third kappa shape index (κ3) is 6.18. The van der Waals surface area contributed by atoms with Gasteiger partial charge in [-0.1, -0.05) is 35.5 Å². The number of aliphatic imine (C=N–C) groups is 1. The van der Waals surface area contributed by atoms with E-state index in [0.29, 0.717) is 6.04 Å². The molecule has 2 heterocycles. The van der Waals surface area contributed by atoms with E-state index < -0.39 is 0 Å². The SMILES string of the molecule is CN=C(NCC(c1ccccc1)N(C)C)N1CCN(Cc2ccon2)CC1.I. The van der Waals surface area contributed by atoms with Crippen molar-refractivity contribution < 1.29 is 4.52 Å². The molecule has 1 aliphatic heterocycles. The van der Waals surface area contributed by atoms with Gasteiger partial charge in [0.15, 0.2) is 5.96 Å². The number of piperazine rings is 1. The van der Waals surface area contributed by atoms with Gasteiger partial charge in [-0.15, -0.1) is 24.0 Å². The van der Waals surface area contributed by atoms with Crippen LogP contribution in [0.5, 0.6) is 0 Å². The Morgan fingerprint density at radius 2 is 1.89 bits per heavy atom. The van der Waals surface area contributed by atoms with E-state index in [1.165, 1.54) is 5.56 Å². The van der Waals surface area contributed by atoms with Gasteiger partial charge in [0.05, 0.1) is 11.7 Å². The first-order valence-corrected chi connectivity index (χ1v) is 9.46. The van der Waals surface area contributed by atoms with Crippen molar-refractivity contribution in [3.8, 4) is 0 Å². The molecular formula is C20H31IN6O. The second kappa shape index (κ2) is 11.4. The minimum atomic E-state index is 0. The highest BCUT2D eigenvalue weighted by Crippen LogP contribution is 2.17. The van der Waals surface area contributed by atoms with Crippen molar-refractivity contribution in [2.45, 2.75) is 12.6 Å². The number of likely N-dealkylation sites (N-methyl/N-ethyl adjacent to an activating group) is 1. The number of rotatable bonds is 6. The summed E-state index contributed by atoms with van der Waals surface area (Å²) in [5.41, 5.74) is 2.30. The number of benzene rings is 1. The van der Waals surface area contributed by atoms with Crippen LogP contribution in [0.25, 0.3) is 0 Å². The number of nitrogens with zero attached hydrogens (tertiary/aromatic N) is 5. The maximum absolute atomic E-state index is 4.92. The van der Waals surface area contributed by atoms with Crippen molar-refractivity contribution in [3.63, 3.8) is 0 Å². The summed E-state index contributed by atoms with van der Waals surface area (Å²) in [6.45, 7) is 5.55. The fourth-order valence-corrected chi connectivity index (χ4v) is 3.46. The molecule has 0 spiro atoms. The molecule has 1 fully saturated rings. The molecule has 0 saturated carbocycles. The molecule has 1 unspecified atom stereocenters. The molecule has 1 aromatic carbocycles. The van der Waals surface area contributed by atoms with Crippen LogP contribution in [-0.2, 0) is 6.54 Å². The van der Waals surface area contributed by atoms with Crippen molar-refractivity contribution in [3.05, 3.63) is 53.9 Å². The van der Waals surface area contributed by atoms with Gasteiger partial charge in [0.2, 0.25) is 0 Å². The summed E-state index contributed by atoms with van der Waals surface area (Å²) in [6.07, 6.45) is 1.63. The lowest BCUT2D eigenvalue weighted by molar-refractivity contribution is 0.168. The first-order chi connectivity index (χ1) is 13.2. The average molecular weight is 498 g/mol. The zero-order chi connectivity index (χ0) is 19.1. The fraction of sp³-hybridized carbons (Fsp3) is 0.500. The van der Waals surface area contributed by atoms with E-state index >= 15 is 0 Å².